The van der Waals surface area contributed by atoms with Crippen molar-refractivity contribution in [1.29, 1.82) is 0 Å². The first kappa shape index (κ1) is 18.5. The quantitative estimate of drug-likeness (QED) is 0.477. The lowest BCUT2D eigenvalue weighted by Crippen LogP contribution is -2.14. The Hall–Kier alpha value is -2.84. The van der Waals surface area contributed by atoms with E-state index < -0.39 is 5.97 Å². The smallest absolute Gasteiger partial charge is 0.331 e. The van der Waals surface area contributed by atoms with Crippen molar-refractivity contribution in [1.82, 2.24) is 9.38 Å². The zero-order valence-electron chi connectivity index (χ0n) is 14.6. The minimum Gasteiger partial charge on any atom is -0.489 e. The van der Waals surface area contributed by atoms with Crippen LogP contribution in [-0.2, 0) is 16.1 Å². The molecule has 0 spiro atoms. The number of aromatic nitrogens is 2. The van der Waals surface area contributed by atoms with E-state index in [-0.39, 0.29) is 12.2 Å². The third-order valence-electron chi connectivity index (χ3n) is 3.95. The van der Waals surface area contributed by atoms with E-state index in [9.17, 15) is 9.59 Å². The fourth-order valence-electron chi connectivity index (χ4n) is 2.67. The van der Waals surface area contributed by atoms with Crippen LogP contribution in [0.1, 0.15) is 17.7 Å². The Bertz CT molecular complexity index is 1120. The van der Waals surface area contributed by atoms with Crippen molar-refractivity contribution in [3.63, 3.8) is 0 Å². The first-order valence-corrected chi connectivity index (χ1v) is 9.76. The molecule has 0 fully saturated rings. The monoisotopic (exact) mass is 418 g/mol. The van der Waals surface area contributed by atoms with E-state index in [1.165, 1.54) is 27.9 Å². The first-order valence-electron chi connectivity index (χ1n) is 8.50. The fourth-order valence-corrected chi connectivity index (χ4v) is 3.68. The van der Waals surface area contributed by atoms with E-state index in [1.807, 2.05) is 0 Å². The van der Waals surface area contributed by atoms with E-state index in [0.717, 1.165) is 6.42 Å². The van der Waals surface area contributed by atoms with E-state index in [4.69, 9.17) is 25.8 Å². The molecule has 28 heavy (non-hydrogen) atoms. The van der Waals surface area contributed by atoms with Gasteiger partial charge in [-0.3, -0.25) is 9.20 Å². The highest BCUT2D eigenvalue weighted by molar-refractivity contribution is 7.15. The summed E-state index contributed by atoms with van der Waals surface area (Å²) in [5, 5.41) is 2.18. The number of hydrogen-bond donors (Lipinski definition) is 0. The van der Waals surface area contributed by atoms with Crippen LogP contribution in [0.5, 0.6) is 11.5 Å². The highest BCUT2D eigenvalue weighted by Gasteiger charge is 2.15. The second kappa shape index (κ2) is 8.04. The van der Waals surface area contributed by atoms with Gasteiger partial charge in [0, 0.05) is 30.1 Å². The van der Waals surface area contributed by atoms with Gasteiger partial charge in [0.1, 0.15) is 6.61 Å². The zero-order chi connectivity index (χ0) is 19.5. The number of fused-ring (bicyclic) bond motifs is 2. The van der Waals surface area contributed by atoms with Gasteiger partial charge >= 0.3 is 5.97 Å². The summed E-state index contributed by atoms with van der Waals surface area (Å²) in [5.74, 6) is 0.503. The van der Waals surface area contributed by atoms with Gasteiger partial charge in [-0.15, -0.1) is 11.3 Å². The molecule has 1 aliphatic rings. The molecule has 0 unspecified atom stereocenters. The molecule has 144 valence electrons. The van der Waals surface area contributed by atoms with Crippen LogP contribution in [0, 0.1) is 0 Å². The predicted octanol–water partition coefficient (Wildman–Crippen LogP) is 3.33. The van der Waals surface area contributed by atoms with Gasteiger partial charge in [0.05, 0.1) is 23.9 Å². The second-order valence-corrected chi connectivity index (χ2v) is 7.24. The first-order chi connectivity index (χ1) is 13.6. The third kappa shape index (κ3) is 4.02. The van der Waals surface area contributed by atoms with Crippen LogP contribution in [0.4, 0.5) is 0 Å². The van der Waals surface area contributed by atoms with Crippen LogP contribution in [-0.4, -0.2) is 28.6 Å². The average molecular weight is 419 g/mol. The summed E-state index contributed by atoms with van der Waals surface area (Å²) >= 11 is 7.57. The Morgan fingerprint density at radius 2 is 2.18 bits per heavy atom. The van der Waals surface area contributed by atoms with Gasteiger partial charge in [0.2, 0.25) is 0 Å². The Labute approximate surface area is 168 Å². The largest absolute Gasteiger partial charge is 0.489 e. The Balaban J connectivity index is 1.43. The molecule has 7 nitrogen and oxygen atoms in total. The number of halogens is 1. The Kier molecular flexibility index (Phi) is 5.31. The molecule has 0 saturated heterocycles. The minimum atomic E-state index is -0.559. The number of ether oxygens (including phenoxy) is 3. The lowest BCUT2D eigenvalue weighted by Gasteiger charge is -2.09. The number of carbonyl (C=O) groups is 1. The molecule has 0 radical (unpaired) electrons. The number of hydrogen-bond acceptors (Lipinski definition) is 7. The molecule has 0 atom stereocenters. The SMILES string of the molecule is O=C(/C=C\c1cc(Cl)c2c(c1)OCCCO2)OCc1cc(=O)n2ccsc2n1. The predicted molar refractivity (Wildman–Crippen MR) is 105 cm³/mol. The molecular weight excluding hydrogens is 404 g/mol. The molecule has 9 heteroatoms. The molecule has 0 bridgehead atoms. The van der Waals surface area contributed by atoms with Crippen molar-refractivity contribution in [2.75, 3.05) is 13.2 Å². The maximum atomic E-state index is 12.0. The van der Waals surface area contributed by atoms with Crippen LogP contribution >= 0.6 is 22.9 Å². The molecule has 0 N–H and O–H groups in total. The van der Waals surface area contributed by atoms with Gasteiger partial charge in [-0.1, -0.05) is 11.6 Å². The van der Waals surface area contributed by atoms with Crippen LogP contribution in [0.25, 0.3) is 11.0 Å². The van der Waals surface area contributed by atoms with E-state index in [2.05, 4.69) is 4.98 Å². The average Bonchev–Trinajstić information content (AvgIpc) is 3.02. The molecule has 1 aliphatic heterocycles. The molecule has 0 aliphatic carbocycles. The number of thiazole rings is 1. The minimum absolute atomic E-state index is 0.0886. The van der Waals surface area contributed by atoms with Gasteiger partial charge < -0.3 is 14.2 Å². The highest BCUT2D eigenvalue weighted by atomic mass is 35.5. The molecule has 0 amide bonds. The molecular formula is C19H15ClN2O5S. The van der Waals surface area contributed by atoms with Crippen molar-refractivity contribution >= 4 is 39.9 Å². The van der Waals surface area contributed by atoms with E-state index in [1.54, 1.807) is 29.8 Å². The summed E-state index contributed by atoms with van der Waals surface area (Å²) in [6, 6.07) is 4.79. The number of esters is 1. The van der Waals surface area contributed by atoms with Crippen molar-refractivity contribution in [3.8, 4) is 11.5 Å². The summed E-state index contributed by atoms with van der Waals surface area (Å²) in [6.45, 7) is 0.998. The fraction of sp³-hybridized carbons (Fsp3) is 0.211. The van der Waals surface area contributed by atoms with Crippen molar-refractivity contribution in [2.24, 2.45) is 0 Å². The van der Waals surface area contributed by atoms with Gasteiger partial charge in [-0.25, -0.2) is 9.78 Å². The number of carbonyl (C=O) groups excluding carboxylic acids is 1. The van der Waals surface area contributed by atoms with Gasteiger partial charge in [-0.05, 0) is 23.8 Å². The van der Waals surface area contributed by atoms with Crippen molar-refractivity contribution in [2.45, 2.75) is 13.0 Å². The molecule has 3 aromatic rings. The van der Waals surface area contributed by atoms with Gasteiger partial charge in [0.15, 0.2) is 16.5 Å². The summed E-state index contributed by atoms with van der Waals surface area (Å²) in [6.07, 6.45) is 5.28. The third-order valence-corrected chi connectivity index (χ3v) is 4.99. The molecule has 4 rings (SSSR count). The molecule has 2 aromatic heterocycles. The van der Waals surface area contributed by atoms with E-state index >= 15 is 0 Å². The summed E-state index contributed by atoms with van der Waals surface area (Å²) < 4.78 is 17.8. The molecule has 0 saturated carbocycles. The molecule has 1 aromatic carbocycles. The normalized spacial score (nSPS) is 13.6. The van der Waals surface area contributed by atoms with Crippen LogP contribution in [0.15, 0.2) is 40.6 Å². The number of benzene rings is 1. The lowest BCUT2D eigenvalue weighted by atomic mass is 10.2. The number of rotatable bonds is 4. The summed E-state index contributed by atoms with van der Waals surface area (Å²) in [5.41, 5.74) is 0.866. The van der Waals surface area contributed by atoms with Gasteiger partial charge in [-0.2, -0.15) is 0 Å². The topological polar surface area (TPSA) is 79.1 Å². The Morgan fingerprint density at radius 1 is 1.32 bits per heavy atom. The number of nitrogens with zero attached hydrogens (tertiary/aromatic N) is 2. The Morgan fingerprint density at radius 3 is 3.07 bits per heavy atom. The molecule has 3 heterocycles. The van der Waals surface area contributed by atoms with Crippen molar-refractivity contribution < 1.29 is 19.0 Å². The van der Waals surface area contributed by atoms with Crippen LogP contribution in [0.3, 0.4) is 0 Å². The second-order valence-electron chi connectivity index (χ2n) is 5.96. The maximum Gasteiger partial charge on any atom is 0.331 e. The maximum absolute atomic E-state index is 12.0. The van der Waals surface area contributed by atoms with Crippen LogP contribution in [0.2, 0.25) is 5.02 Å². The lowest BCUT2D eigenvalue weighted by molar-refractivity contribution is -0.139. The zero-order valence-corrected chi connectivity index (χ0v) is 16.2. The summed E-state index contributed by atoms with van der Waals surface area (Å²) in [7, 11) is 0. The summed E-state index contributed by atoms with van der Waals surface area (Å²) in [4.78, 5) is 28.8. The van der Waals surface area contributed by atoms with E-state index in [0.29, 0.717) is 46.0 Å². The highest BCUT2D eigenvalue weighted by Crippen LogP contribution is 2.38. The van der Waals surface area contributed by atoms with Crippen molar-refractivity contribution in [3.05, 3.63) is 62.5 Å². The van der Waals surface area contributed by atoms with Gasteiger partial charge in [0.25, 0.3) is 5.56 Å². The standard InChI is InChI=1S/C19H15ClN2O5S/c20-14-8-12(9-15-18(14)26-6-1-5-25-15)2-3-17(24)27-11-13-10-16(23)22-4-7-28-19(22)21-13/h2-4,7-10H,1,5-6,11H2/b3-2-. The van der Waals surface area contributed by atoms with Crippen LogP contribution < -0.4 is 15.0 Å².